The van der Waals surface area contributed by atoms with Crippen LogP contribution in [0.25, 0.3) is 0 Å². The fraction of sp³-hybridized carbons (Fsp3) is 0.222. The molecule has 0 saturated heterocycles. The largest absolute Gasteiger partial charge is 0.461 e. The lowest BCUT2D eigenvalue weighted by Gasteiger charge is -2.04. The lowest BCUT2D eigenvalue weighted by atomic mass is 10.2. The van der Waals surface area contributed by atoms with E-state index in [0.29, 0.717) is 0 Å². The zero-order chi connectivity index (χ0) is 11.4. The second kappa shape index (κ2) is 4.41. The molecule has 0 aliphatic carbocycles. The second-order valence-electron chi connectivity index (χ2n) is 2.71. The molecule has 0 radical (unpaired) electrons. The number of amides is 1. The number of aromatic nitrogens is 1. The molecule has 1 rings (SSSR count). The van der Waals surface area contributed by atoms with Gasteiger partial charge in [0.05, 0.1) is 12.2 Å². The van der Waals surface area contributed by atoms with Crippen molar-refractivity contribution in [1.29, 1.82) is 0 Å². The molecule has 0 bridgehead atoms. The smallest absolute Gasteiger partial charge is 0.356 e. The molecule has 6 heteroatoms. The molecule has 80 valence electrons. The number of hydrogen-bond acceptors (Lipinski definition) is 5. The first-order valence-corrected chi connectivity index (χ1v) is 4.29. The van der Waals surface area contributed by atoms with Gasteiger partial charge in [0.15, 0.2) is 5.69 Å². The van der Waals surface area contributed by atoms with E-state index < -0.39 is 11.9 Å². The van der Waals surface area contributed by atoms with Gasteiger partial charge in [-0.25, -0.2) is 9.78 Å². The van der Waals surface area contributed by atoms with Crippen LogP contribution in [0.15, 0.2) is 12.1 Å². The van der Waals surface area contributed by atoms with E-state index in [4.69, 9.17) is 16.2 Å². The lowest BCUT2D eigenvalue weighted by Crippen LogP contribution is -2.16. The molecule has 0 aliphatic rings. The van der Waals surface area contributed by atoms with E-state index in [-0.39, 0.29) is 23.7 Å². The molecule has 0 aliphatic heterocycles. The van der Waals surface area contributed by atoms with Crippen molar-refractivity contribution in [2.75, 3.05) is 12.3 Å². The zero-order valence-corrected chi connectivity index (χ0v) is 8.19. The van der Waals surface area contributed by atoms with Gasteiger partial charge in [-0.2, -0.15) is 0 Å². The topological polar surface area (TPSA) is 108 Å². The summed E-state index contributed by atoms with van der Waals surface area (Å²) in [5.41, 5.74) is 10.6. The van der Waals surface area contributed by atoms with Crippen molar-refractivity contribution in [1.82, 2.24) is 4.98 Å². The predicted octanol–water partition coefficient (Wildman–Crippen LogP) is -0.0606. The number of anilines is 1. The summed E-state index contributed by atoms with van der Waals surface area (Å²) in [4.78, 5) is 25.8. The number of primary amides is 1. The number of nitrogens with zero attached hydrogens (tertiary/aromatic N) is 1. The Morgan fingerprint density at radius 3 is 2.60 bits per heavy atom. The van der Waals surface area contributed by atoms with Crippen LogP contribution in [0.2, 0.25) is 0 Å². The normalized spacial score (nSPS) is 9.67. The van der Waals surface area contributed by atoms with Crippen LogP contribution >= 0.6 is 0 Å². The van der Waals surface area contributed by atoms with Crippen molar-refractivity contribution < 1.29 is 14.3 Å². The average Bonchev–Trinajstić information content (AvgIpc) is 2.17. The molecule has 1 heterocycles. The van der Waals surface area contributed by atoms with Gasteiger partial charge in [-0.1, -0.05) is 0 Å². The Morgan fingerprint density at radius 2 is 2.13 bits per heavy atom. The van der Waals surface area contributed by atoms with Crippen molar-refractivity contribution in [3.8, 4) is 0 Å². The number of carbonyl (C=O) groups excluding carboxylic acids is 2. The highest BCUT2D eigenvalue weighted by atomic mass is 16.5. The monoisotopic (exact) mass is 209 g/mol. The molecule has 0 aromatic carbocycles. The summed E-state index contributed by atoms with van der Waals surface area (Å²) in [6.07, 6.45) is 0. The number of nitrogen functional groups attached to an aromatic ring is 1. The maximum Gasteiger partial charge on any atom is 0.356 e. The molecule has 0 saturated carbocycles. The third-order valence-electron chi connectivity index (χ3n) is 1.67. The van der Waals surface area contributed by atoms with Gasteiger partial charge in [-0.05, 0) is 19.1 Å². The molecule has 4 N–H and O–H groups in total. The third-order valence-corrected chi connectivity index (χ3v) is 1.67. The quantitative estimate of drug-likeness (QED) is 0.678. The lowest BCUT2D eigenvalue weighted by molar-refractivity contribution is 0.0519. The minimum absolute atomic E-state index is 0.0550. The SMILES string of the molecule is CCOC(=O)c1ccc(C(N)=O)c(N)n1. The maximum absolute atomic E-state index is 11.2. The van der Waals surface area contributed by atoms with Crippen LogP contribution < -0.4 is 11.5 Å². The van der Waals surface area contributed by atoms with E-state index in [1.54, 1.807) is 6.92 Å². The number of esters is 1. The minimum atomic E-state index is -0.685. The standard InChI is InChI=1S/C9H11N3O3/c1-2-15-9(14)6-4-3-5(8(11)13)7(10)12-6/h3-4H,2H2,1H3,(H2,10,12)(H2,11,13). The van der Waals surface area contributed by atoms with Gasteiger partial charge >= 0.3 is 5.97 Å². The van der Waals surface area contributed by atoms with Crippen molar-refractivity contribution in [3.05, 3.63) is 23.4 Å². The fourth-order valence-electron chi connectivity index (χ4n) is 1.00. The first kappa shape index (κ1) is 11.0. The molecular formula is C9H11N3O3. The Bertz CT molecular complexity index is 404. The number of ether oxygens (including phenoxy) is 1. The molecular weight excluding hydrogens is 198 g/mol. The van der Waals surface area contributed by atoms with Gasteiger partial charge in [-0.15, -0.1) is 0 Å². The molecule has 0 spiro atoms. The Hall–Kier alpha value is -2.11. The molecule has 0 fully saturated rings. The summed E-state index contributed by atoms with van der Waals surface area (Å²) in [6, 6.07) is 2.69. The Morgan fingerprint density at radius 1 is 1.47 bits per heavy atom. The summed E-state index contributed by atoms with van der Waals surface area (Å²) < 4.78 is 4.71. The fourth-order valence-corrected chi connectivity index (χ4v) is 1.00. The van der Waals surface area contributed by atoms with Gasteiger partial charge in [0.2, 0.25) is 0 Å². The number of nitrogens with two attached hydrogens (primary N) is 2. The van der Waals surface area contributed by atoms with E-state index in [9.17, 15) is 9.59 Å². The average molecular weight is 209 g/mol. The molecule has 15 heavy (non-hydrogen) atoms. The summed E-state index contributed by atoms with van der Waals surface area (Å²) in [5.74, 6) is -1.34. The number of carbonyl (C=O) groups is 2. The van der Waals surface area contributed by atoms with Crippen LogP contribution in [0, 0.1) is 0 Å². The van der Waals surface area contributed by atoms with Crippen molar-refractivity contribution in [2.45, 2.75) is 6.92 Å². The van der Waals surface area contributed by atoms with Gasteiger partial charge in [0.25, 0.3) is 5.91 Å². The summed E-state index contributed by atoms with van der Waals surface area (Å²) in [7, 11) is 0. The first-order valence-electron chi connectivity index (χ1n) is 4.29. The Kier molecular flexibility index (Phi) is 3.22. The molecule has 6 nitrogen and oxygen atoms in total. The van der Waals surface area contributed by atoms with Gasteiger partial charge < -0.3 is 16.2 Å². The van der Waals surface area contributed by atoms with Crippen LogP contribution in [-0.4, -0.2) is 23.5 Å². The number of rotatable bonds is 3. The van der Waals surface area contributed by atoms with Crippen LogP contribution in [0.4, 0.5) is 5.82 Å². The van der Waals surface area contributed by atoms with Crippen LogP contribution in [0.5, 0.6) is 0 Å². The highest BCUT2D eigenvalue weighted by Gasteiger charge is 2.12. The summed E-state index contributed by atoms with van der Waals surface area (Å²) in [6.45, 7) is 1.93. The molecule has 1 aromatic rings. The minimum Gasteiger partial charge on any atom is -0.461 e. The van der Waals surface area contributed by atoms with Crippen LogP contribution in [0.3, 0.4) is 0 Å². The van der Waals surface area contributed by atoms with Crippen LogP contribution in [-0.2, 0) is 4.74 Å². The number of pyridine rings is 1. The zero-order valence-electron chi connectivity index (χ0n) is 8.19. The van der Waals surface area contributed by atoms with E-state index in [1.807, 2.05) is 0 Å². The van der Waals surface area contributed by atoms with Gasteiger partial charge in [0.1, 0.15) is 5.82 Å². The van der Waals surface area contributed by atoms with E-state index in [2.05, 4.69) is 4.98 Å². The van der Waals surface area contributed by atoms with Crippen molar-refractivity contribution >= 4 is 17.7 Å². The maximum atomic E-state index is 11.2. The molecule has 0 atom stereocenters. The third kappa shape index (κ3) is 2.43. The van der Waals surface area contributed by atoms with E-state index in [0.717, 1.165) is 0 Å². The van der Waals surface area contributed by atoms with Gasteiger partial charge in [0, 0.05) is 0 Å². The highest BCUT2D eigenvalue weighted by Crippen LogP contribution is 2.09. The summed E-state index contributed by atoms with van der Waals surface area (Å²) in [5, 5.41) is 0. The Labute approximate surface area is 86.2 Å². The second-order valence-corrected chi connectivity index (χ2v) is 2.71. The van der Waals surface area contributed by atoms with E-state index >= 15 is 0 Å². The van der Waals surface area contributed by atoms with Crippen LogP contribution in [0.1, 0.15) is 27.8 Å². The molecule has 1 amide bonds. The van der Waals surface area contributed by atoms with E-state index in [1.165, 1.54) is 12.1 Å². The van der Waals surface area contributed by atoms with Crippen molar-refractivity contribution in [2.24, 2.45) is 5.73 Å². The molecule has 0 unspecified atom stereocenters. The molecule has 1 aromatic heterocycles. The van der Waals surface area contributed by atoms with Gasteiger partial charge in [-0.3, -0.25) is 4.79 Å². The van der Waals surface area contributed by atoms with Crippen molar-refractivity contribution in [3.63, 3.8) is 0 Å². The highest BCUT2D eigenvalue weighted by molar-refractivity contribution is 5.98. The Balaban J connectivity index is 3.01. The first-order chi connectivity index (χ1) is 7.06. The predicted molar refractivity (Wildman–Crippen MR) is 53.1 cm³/mol. The number of hydrogen-bond donors (Lipinski definition) is 2. The summed E-state index contributed by atoms with van der Waals surface area (Å²) >= 11 is 0.